The maximum Gasteiger partial charge on any atom is 0.155 e. The Hall–Kier alpha value is -0.850. The fourth-order valence-electron chi connectivity index (χ4n) is 1.75. The summed E-state index contributed by atoms with van der Waals surface area (Å²) < 4.78 is 0. The predicted molar refractivity (Wildman–Crippen MR) is 76.2 cm³/mol. The standard InChI is InChI=1S/C16H28O/c1-3-5-6-7-8-9-10-11-12-13-14-15-16(17)4-2/h4,7-8H,2-3,5-6,9-15H2,1H3. The molecule has 98 valence electrons. The van der Waals surface area contributed by atoms with Crippen LogP contribution >= 0.6 is 0 Å². The van der Waals surface area contributed by atoms with Crippen LogP contribution in [0.2, 0.25) is 0 Å². The van der Waals surface area contributed by atoms with Gasteiger partial charge in [0.1, 0.15) is 0 Å². The minimum atomic E-state index is 0.184. The molecule has 0 unspecified atom stereocenters. The third-order valence-corrected chi connectivity index (χ3v) is 2.91. The Labute approximate surface area is 107 Å². The van der Waals surface area contributed by atoms with Gasteiger partial charge in [-0.3, -0.25) is 4.79 Å². The van der Waals surface area contributed by atoms with E-state index < -0.39 is 0 Å². The molecule has 0 atom stereocenters. The van der Waals surface area contributed by atoms with Gasteiger partial charge < -0.3 is 0 Å². The number of carbonyl (C=O) groups excluding carboxylic acids is 1. The van der Waals surface area contributed by atoms with Crippen molar-refractivity contribution in [3.05, 3.63) is 24.8 Å². The number of rotatable bonds is 12. The average Bonchev–Trinajstić information content (AvgIpc) is 2.35. The molecule has 0 aromatic carbocycles. The Morgan fingerprint density at radius 2 is 1.53 bits per heavy atom. The molecule has 0 rings (SSSR count). The summed E-state index contributed by atoms with van der Waals surface area (Å²) in [7, 11) is 0. The zero-order valence-corrected chi connectivity index (χ0v) is 11.4. The summed E-state index contributed by atoms with van der Waals surface area (Å²) in [5.41, 5.74) is 0. The second-order valence-electron chi connectivity index (χ2n) is 4.59. The molecule has 0 saturated carbocycles. The van der Waals surface area contributed by atoms with E-state index in [9.17, 15) is 4.79 Å². The molecule has 0 aromatic rings. The molecular weight excluding hydrogens is 208 g/mol. The molecule has 0 saturated heterocycles. The first kappa shape index (κ1) is 16.1. The molecule has 0 aliphatic heterocycles. The van der Waals surface area contributed by atoms with Crippen LogP contribution in [-0.2, 0) is 4.79 Å². The first-order valence-corrected chi connectivity index (χ1v) is 7.11. The highest BCUT2D eigenvalue weighted by atomic mass is 16.1. The molecule has 0 N–H and O–H groups in total. The Balaban J connectivity index is 3.10. The monoisotopic (exact) mass is 236 g/mol. The highest BCUT2D eigenvalue weighted by Crippen LogP contribution is 2.08. The van der Waals surface area contributed by atoms with Gasteiger partial charge in [-0.15, -0.1) is 0 Å². The maximum absolute atomic E-state index is 10.9. The number of hydrogen-bond donors (Lipinski definition) is 0. The van der Waals surface area contributed by atoms with E-state index in [4.69, 9.17) is 0 Å². The number of hydrogen-bond acceptors (Lipinski definition) is 1. The molecule has 0 bridgehead atoms. The van der Waals surface area contributed by atoms with E-state index >= 15 is 0 Å². The highest BCUT2D eigenvalue weighted by molar-refractivity contribution is 5.88. The molecule has 0 fully saturated rings. The van der Waals surface area contributed by atoms with E-state index in [2.05, 4.69) is 25.7 Å². The van der Waals surface area contributed by atoms with Crippen LogP contribution in [0, 0.1) is 0 Å². The zero-order chi connectivity index (χ0) is 12.8. The summed E-state index contributed by atoms with van der Waals surface area (Å²) in [5, 5.41) is 0. The number of ketones is 1. The first-order chi connectivity index (χ1) is 8.31. The number of unbranched alkanes of at least 4 members (excludes halogenated alkanes) is 7. The molecule has 17 heavy (non-hydrogen) atoms. The predicted octanol–water partition coefficient (Wildman–Crippen LogP) is 5.22. The largest absolute Gasteiger partial charge is 0.295 e. The van der Waals surface area contributed by atoms with Crippen molar-refractivity contribution in [1.82, 2.24) is 0 Å². The summed E-state index contributed by atoms with van der Waals surface area (Å²) >= 11 is 0. The Morgan fingerprint density at radius 1 is 0.941 bits per heavy atom. The molecular formula is C16H28O. The van der Waals surface area contributed by atoms with E-state index in [1.807, 2.05) is 0 Å². The molecule has 0 heterocycles. The topological polar surface area (TPSA) is 17.1 Å². The first-order valence-electron chi connectivity index (χ1n) is 7.11. The van der Waals surface area contributed by atoms with Gasteiger partial charge >= 0.3 is 0 Å². The Morgan fingerprint density at radius 3 is 2.18 bits per heavy atom. The molecule has 1 nitrogen and oxygen atoms in total. The van der Waals surface area contributed by atoms with Gasteiger partial charge in [-0.1, -0.05) is 57.8 Å². The lowest BCUT2D eigenvalue weighted by molar-refractivity contribution is -0.114. The second kappa shape index (κ2) is 13.2. The van der Waals surface area contributed by atoms with Crippen LogP contribution in [0.4, 0.5) is 0 Å². The molecule has 0 spiro atoms. The number of allylic oxidation sites excluding steroid dienone is 3. The van der Waals surface area contributed by atoms with E-state index in [1.165, 1.54) is 57.4 Å². The van der Waals surface area contributed by atoms with Crippen LogP contribution in [0.1, 0.15) is 71.1 Å². The summed E-state index contributed by atoms with van der Waals surface area (Å²) in [5.74, 6) is 0.184. The van der Waals surface area contributed by atoms with Gasteiger partial charge in [0.15, 0.2) is 5.78 Å². The highest BCUT2D eigenvalue weighted by Gasteiger charge is 1.95. The van der Waals surface area contributed by atoms with Crippen molar-refractivity contribution < 1.29 is 4.79 Å². The van der Waals surface area contributed by atoms with Crippen LogP contribution in [-0.4, -0.2) is 5.78 Å². The van der Waals surface area contributed by atoms with Gasteiger partial charge in [-0.05, 0) is 31.8 Å². The molecule has 0 aromatic heterocycles. The van der Waals surface area contributed by atoms with E-state index in [1.54, 1.807) is 0 Å². The van der Waals surface area contributed by atoms with Crippen molar-refractivity contribution in [2.24, 2.45) is 0 Å². The lowest BCUT2D eigenvalue weighted by Crippen LogP contribution is -1.91. The fraction of sp³-hybridized carbons (Fsp3) is 0.688. The minimum absolute atomic E-state index is 0.184. The summed E-state index contributed by atoms with van der Waals surface area (Å²) in [6.07, 6.45) is 17.8. The lowest BCUT2D eigenvalue weighted by atomic mass is 10.1. The van der Waals surface area contributed by atoms with E-state index in [0.717, 1.165) is 6.42 Å². The van der Waals surface area contributed by atoms with Gasteiger partial charge in [-0.2, -0.15) is 0 Å². The minimum Gasteiger partial charge on any atom is -0.295 e. The molecule has 0 aliphatic carbocycles. The fourth-order valence-corrected chi connectivity index (χ4v) is 1.75. The van der Waals surface area contributed by atoms with Crippen molar-refractivity contribution in [2.75, 3.05) is 0 Å². The zero-order valence-electron chi connectivity index (χ0n) is 11.4. The summed E-state index contributed by atoms with van der Waals surface area (Å²) in [4.78, 5) is 10.9. The summed E-state index contributed by atoms with van der Waals surface area (Å²) in [6.45, 7) is 5.70. The van der Waals surface area contributed by atoms with Gasteiger partial charge in [0.2, 0.25) is 0 Å². The summed E-state index contributed by atoms with van der Waals surface area (Å²) in [6, 6.07) is 0. The normalized spacial score (nSPS) is 10.9. The van der Waals surface area contributed by atoms with Gasteiger partial charge in [0.05, 0.1) is 0 Å². The SMILES string of the molecule is C=CC(=O)CCCCCCCC=CCCCC. The smallest absolute Gasteiger partial charge is 0.155 e. The van der Waals surface area contributed by atoms with Crippen LogP contribution in [0.3, 0.4) is 0 Å². The van der Waals surface area contributed by atoms with Crippen molar-refractivity contribution in [1.29, 1.82) is 0 Å². The van der Waals surface area contributed by atoms with E-state index in [0.29, 0.717) is 6.42 Å². The van der Waals surface area contributed by atoms with Crippen molar-refractivity contribution in [3.63, 3.8) is 0 Å². The lowest BCUT2D eigenvalue weighted by Gasteiger charge is -1.98. The average molecular weight is 236 g/mol. The molecule has 0 radical (unpaired) electrons. The van der Waals surface area contributed by atoms with Crippen molar-refractivity contribution in [2.45, 2.75) is 71.1 Å². The third kappa shape index (κ3) is 13.1. The van der Waals surface area contributed by atoms with Crippen molar-refractivity contribution >= 4 is 5.78 Å². The molecule has 0 amide bonds. The van der Waals surface area contributed by atoms with E-state index in [-0.39, 0.29) is 5.78 Å². The third-order valence-electron chi connectivity index (χ3n) is 2.91. The Kier molecular flexibility index (Phi) is 12.6. The van der Waals surface area contributed by atoms with Crippen LogP contribution in [0.25, 0.3) is 0 Å². The van der Waals surface area contributed by atoms with Gasteiger partial charge in [-0.25, -0.2) is 0 Å². The Bertz CT molecular complexity index is 216. The van der Waals surface area contributed by atoms with Crippen LogP contribution < -0.4 is 0 Å². The number of carbonyl (C=O) groups is 1. The quantitative estimate of drug-likeness (QED) is 0.258. The second-order valence-corrected chi connectivity index (χ2v) is 4.59. The van der Waals surface area contributed by atoms with Gasteiger partial charge in [0, 0.05) is 6.42 Å². The van der Waals surface area contributed by atoms with Crippen molar-refractivity contribution in [3.8, 4) is 0 Å². The van der Waals surface area contributed by atoms with Crippen LogP contribution in [0.15, 0.2) is 24.8 Å². The van der Waals surface area contributed by atoms with Crippen LogP contribution in [0.5, 0.6) is 0 Å². The maximum atomic E-state index is 10.9. The van der Waals surface area contributed by atoms with Gasteiger partial charge in [0.25, 0.3) is 0 Å². The molecule has 1 heteroatoms. The molecule has 0 aliphatic rings.